The number of hydrogen-bond acceptors (Lipinski definition) is 6. The van der Waals surface area contributed by atoms with Crippen LogP contribution in [0.2, 0.25) is 0 Å². The molecule has 0 fully saturated rings. The zero-order valence-corrected chi connectivity index (χ0v) is 17.0. The van der Waals surface area contributed by atoms with Crippen LogP contribution in [-0.2, 0) is 13.5 Å². The molecule has 0 bridgehead atoms. The Bertz CT molecular complexity index is 1130. The van der Waals surface area contributed by atoms with Crippen molar-refractivity contribution in [3.63, 3.8) is 0 Å². The number of benzene rings is 1. The van der Waals surface area contributed by atoms with Gasteiger partial charge in [0.1, 0.15) is 11.6 Å². The van der Waals surface area contributed by atoms with Crippen molar-refractivity contribution >= 4 is 17.6 Å². The van der Waals surface area contributed by atoms with Crippen LogP contribution < -0.4 is 20.1 Å². The first-order valence-electron chi connectivity index (χ1n) is 9.60. The van der Waals surface area contributed by atoms with E-state index in [0.29, 0.717) is 34.9 Å². The van der Waals surface area contributed by atoms with Crippen molar-refractivity contribution in [2.24, 2.45) is 12.8 Å². The average Bonchev–Trinajstić information content (AvgIpc) is 3.17. The number of rotatable bonds is 5. The summed E-state index contributed by atoms with van der Waals surface area (Å²) in [7, 11) is 3.21. The number of halogens is 2. The summed E-state index contributed by atoms with van der Waals surface area (Å²) < 4.78 is 39.7. The number of carbonyl (C=O) groups excluding carboxylic acids is 1. The van der Waals surface area contributed by atoms with E-state index in [9.17, 15) is 13.6 Å². The van der Waals surface area contributed by atoms with Gasteiger partial charge in [-0.05, 0) is 36.1 Å². The molecule has 1 aromatic carbocycles. The first-order chi connectivity index (χ1) is 14.9. The first-order valence-corrected chi connectivity index (χ1v) is 9.60. The zero-order valence-electron chi connectivity index (χ0n) is 17.0. The highest BCUT2D eigenvalue weighted by atomic mass is 19.3. The molecule has 2 N–H and O–H groups in total. The number of aryl methyl sites for hydroxylation is 2. The average molecular weight is 429 g/mol. The van der Waals surface area contributed by atoms with Crippen LogP contribution in [0.5, 0.6) is 11.6 Å². The zero-order chi connectivity index (χ0) is 22.1. The molecular weight excluding hydrogens is 408 g/mol. The summed E-state index contributed by atoms with van der Waals surface area (Å²) >= 11 is 0. The van der Waals surface area contributed by atoms with Crippen LogP contribution in [0.25, 0.3) is 11.1 Å². The summed E-state index contributed by atoms with van der Waals surface area (Å²) in [5.74, 6) is 0.773. The van der Waals surface area contributed by atoms with Crippen LogP contribution in [0.1, 0.15) is 24.0 Å². The van der Waals surface area contributed by atoms with Gasteiger partial charge in [-0.3, -0.25) is 4.68 Å². The largest absolute Gasteiger partial charge is 0.496 e. The predicted molar refractivity (Wildman–Crippen MR) is 110 cm³/mol. The van der Waals surface area contributed by atoms with Gasteiger partial charge in [0, 0.05) is 48.7 Å². The van der Waals surface area contributed by atoms with Crippen LogP contribution in [0.15, 0.2) is 36.7 Å². The SMILES string of the molecule is COc1cc(OC(N)=O)nc(N2CCCc3cc(-c4cnn(C)c4)c(C(F)F)cc32)c1. The molecule has 0 saturated heterocycles. The lowest BCUT2D eigenvalue weighted by Gasteiger charge is -2.32. The number of fused-ring (bicyclic) bond motifs is 1. The quantitative estimate of drug-likeness (QED) is 0.659. The molecule has 0 radical (unpaired) electrons. The minimum atomic E-state index is -2.67. The Morgan fingerprint density at radius 2 is 2.06 bits per heavy atom. The molecule has 0 spiro atoms. The summed E-state index contributed by atoms with van der Waals surface area (Å²) in [6, 6.07) is 6.37. The standard InChI is InChI=1S/C21H21F2N5O3/c1-27-11-13(10-25-27)15-6-12-4-3-5-28(17(12)9-16(15)20(22)23)18-7-14(30-2)8-19(26-18)31-21(24)29/h6-11,20H,3-5H2,1-2H3,(H2,24,29). The Kier molecular flexibility index (Phi) is 5.45. The van der Waals surface area contributed by atoms with Gasteiger partial charge in [0.15, 0.2) is 0 Å². The number of ether oxygens (including phenoxy) is 2. The molecule has 10 heteroatoms. The molecule has 0 atom stereocenters. The van der Waals surface area contributed by atoms with E-state index < -0.39 is 12.5 Å². The van der Waals surface area contributed by atoms with Crippen LogP contribution >= 0.6 is 0 Å². The number of nitrogens with zero attached hydrogens (tertiary/aromatic N) is 4. The number of primary amides is 1. The number of nitrogens with two attached hydrogens (primary N) is 1. The molecule has 2 aromatic heterocycles. The molecule has 1 aliphatic rings. The fourth-order valence-corrected chi connectivity index (χ4v) is 3.76. The predicted octanol–water partition coefficient (Wildman–Crippen LogP) is 3.97. The lowest BCUT2D eigenvalue weighted by molar-refractivity contribution is 0.152. The maximum atomic E-state index is 14.0. The molecular formula is C21H21F2N5O3. The van der Waals surface area contributed by atoms with Crippen LogP contribution in [0.3, 0.4) is 0 Å². The second-order valence-electron chi connectivity index (χ2n) is 7.15. The molecule has 31 heavy (non-hydrogen) atoms. The van der Waals surface area contributed by atoms with Crippen LogP contribution in [-0.4, -0.2) is 34.5 Å². The van der Waals surface area contributed by atoms with Gasteiger partial charge in [-0.1, -0.05) is 0 Å². The topological polar surface area (TPSA) is 95.5 Å². The Morgan fingerprint density at radius 1 is 1.26 bits per heavy atom. The monoisotopic (exact) mass is 429 g/mol. The van der Waals surface area contributed by atoms with Crippen molar-refractivity contribution in [2.45, 2.75) is 19.3 Å². The molecule has 0 unspecified atom stereocenters. The molecule has 4 rings (SSSR count). The third kappa shape index (κ3) is 4.14. The Morgan fingerprint density at radius 3 is 2.71 bits per heavy atom. The van der Waals surface area contributed by atoms with E-state index in [0.717, 1.165) is 18.4 Å². The number of carbonyl (C=O) groups is 1. The van der Waals surface area contributed by atoms with E-state index in [1.807, 2.05) is 4.90 Å². The molecule has 3 aromatic rings. The van der Waals surface area contributed by atoms with Crippen molar-refractivity contribution in [3.8, 4) is 22.8 Å². The highest BCUT2D eigenvalue weighted by molar-refractivity contribution is 5.76. The van der Waals surface area contributed by atoms with E-state index in [2.05, 4.69) is 10.1 Å². The fourth-order valence-electron chi connectivity index (χ4n) is 3.76. The van der Waals surface area contributed by atoms with Crippen molar-refractivity contribution < 1.29 is 23.0 Å². The van der Waals surface area contributed by atoms with Gasteiger partial charge in [0.05, 0.1) is 13.3 Å². The number of methoxy groups -OCH3 is 1. The molecule has 162 valence electrons. The van der Waals surface area contributed by atoms with E-state index in [1.54, 1.807) is 36.3 Å². The van der Waals surface area contributed by atoms with Crippen molar-refractivity contribution in [3.05, 3.63) is 47.8 Å². The van der Waals surface area contributed by atoms with Crippen molar-refractivity contribution in [1.82, 2.24) is 14.8 Å². The molecule has 0 aliphatic carbocycles. The Balaban J connectivity index is 1.83. The Hall–Kier alpha value is -3.69. The number of hydrogen-bond donors (Lipinski definition) is 1. The van der Waals surface area contributed by atoms with E-state index in [-0.39, 0.29) is 11.4 Å². The number of anilines is 2. The van der Waals surface area contributed by atoms with Crippen LogP contribution in [0, 0.1) is 0 Å². The van der Waals surface area contributed by atoms with E-state index in [4.69, 9.17) is 15.2 Å². The van der Waals surface area contributed by atoms with Crippen molar-refractivity contribution in [1.29, 1.82) is 0 Å². The third-order valence-electron chi connectivity index (χ3n) is 5.10. The number of amides is 1. The van der Waals surface area contributed by atoms with Crippen LogP contribution in [0.4, 0.5) is 25.1 Å². The highest BCUT2D eigenvalue weighted by Crippen LogP contribution is 2.41. The van der Waals surface area contributed by atoms with Gasteiger partial charge in [0.25, 0.3) is 6.43 Å². The van der Waals surface area contributed by atoms with E-state index >= 15 is 0 Å². The van der Waals surface area contributed by atoms with E-state index in [1.165, 1.54) is 19.2 Å². The number of pyridine rings is 1. The smallest absolute Gasteiger partial charge is 0.411 e. The van der Waals surface area contributed by atoms with Crippen molar-refractivity contribution in [2.75, 3.05) is 18.6 Å². The van der Waals surface area contributed by atoms with Gasteiger partial charge in [0.2, 0.25) is 5.88 Å². The summed E-state index contributed by atoms with van der Waals surface area (Å²) in [6.45, 7) is 0.554. The summed E-state index contributed by atoms with van der Waals surface area (Å²) in [4.78, 5) is 17.3. The molecule has 1 amide bonds. The summed E-state index contributed by atoms with van der Waals surface area (Å²) in [6.07, 6.45) is 1.13. The minimum Gasteiger partial charge on any atom is -0.496 e. The van der Waals surface area contributed by atoms with Gasteiger partial charge >= 0.3 is 6.09 Å². The first kappa shape index (κ1) is 20.6. The maximum absolute atomic E-state index is 14.0. The minimum absolute atomic E-state index is 0.0324. The van der Waals surface area contributed by atoms with Gasteiger partial charge < -0.3 is 20.1 Å². The second-order valence-corrected chi connectivity index (χ2v) is 7.15. The lowest BCUT2D eigenvalue weighted by Crippen LogP contribution is -2.26. The number of aromatic nitrogens is 3. The summed E-state index contributed by atoms with van der Waals surface area (Å²) in [5.41, 5.74) is 7.64. The Labute approximate surface area is 177 Å². The molecule has 0 saturated carbocycles. The van der Waals surface area contributed by atoms with Gasteiger partial charge in [-0.15, -0.1) is 0 Å². The van der Waals surface area contributed by atoms with Gasteiger partial charge in [-0.2, -0.15) is 10.1 Å². The van der Waals surface area contributed by atoms with Gasteiger partial charge in [-0.25, -0.2) is 13.6 Å². The maximum Gasteiger partial charge on any atom is 0.411 e. The molecule has 3 heterocycles. The molecule has 8 nitrogen and oxygen atoms in total. The lowest BCUT2D eigenvalue weighted by atomic mass is 9.93. The fraction of sp³-hybridized carbons (Fsp3) is 0.286. The summed E-state index contributed by atoms with van der Waals surface area (Å²) in [5, 5.41) is 4.11. The number of alkyl halides is 2. The normalized spacial score (nSPS) is 13.3. The molecule has 1 aliphatic heterocycles. The second kappa shape index (κ2) is 8.21. The highest BCUT2D eigenvalue weighted by Gasteiger charge is 2.26. The third-order valence-corrected chi connectivity index (χ3v) is 5.10.